The van der Waals surface area contributed by atoms with Gasteiger partial charge in [0.05, 0.1) is 7.11 Å². The highest BCUT2D eigenvalue weighted by Crippen LogP contribution is 2.36. The van der Waals surface area contributed by atoms with Crippen LogP contribution in [0.5, 0.6) is 5.75 Å². The first-order valence-corrected chi connectivity index (χ1v) is 7.02. The van der Waals surface area contributed by atoms with Gasteiger partial charge in [0.2, 0.25) is 0 Å². The first kappa shape index (κ1) is 14.2. The lowest BCUT2D eigenvalue weighted by molar-refractivity contribution is 0.356. The molecule has 1 N–H and O–H groups in total. The van der Waals surface area contributed by atoms with E-state index in [0.29, 0.717) is 0 Å². The van der Waals surface area contributed by atoms with E-state index in [4.69, 9.17) is 4.74 Å². The summed E-state index contributed by atoms with van der Waals surface area (Å²) >= 11 is 0. The minimum absolute atomic E-state index is 0.0758. The molecule has 0 atom stereocenters. The van der Waals surface area contributed by atoms with Gasteiger partial charge in [0.15, 0.2) is 0 Å². The Balaban J connectivity index is 2.46. The van der Waals surface area contributed by atoms with Crippen LogP contribution in [0, 0.1) is 0 Å². The molecule has 0 radical (unpaired) electrons. The number of benzene rings is 1. The summed E-state index contributed by atoms with van der Waals surface area (Å²) in [4.78, 5) is 2.53. The Morgan fingerprint density at radius 2 is 1.89 bits per heavy atom. The molecule has 1 aromatic rings. The molecule has 0 bridgehead atoms. The number of ether oxygens (including phenoxy) is 1. The van der Waals surface area contributed by atoms with Crippen molar-refractivity contribution in [3.05, 3.63) is 24.3 Å². The van der Waals surface area contributed by atoms with Gasteiger partial charge in [-0.2, -0.15) is 0 Å². The predicted molar refractivity (Wildman–Crippen MR) is 81.1 cm³/mol. The Morgan fingerprint density at radius 1 is 1.16 bits per heavy atom. The zero-order valence-electron chi connectivity index (χ0n) is 12.8. The molecule has 0 spiro atoms. The van der Waals surface area contributed by atoms with Crippen LogP contribution in [0.4, 0.5) is 5.69 Å². The maximum atomic E-state index is 5.37. The summed E-state index contributed by atoms with van der Waals surface area (Å²) in [6.07, 6.45) is 1.13. The molecule has 0 unspecified atom stereocenters. The Bertz CT molecular complexity index is 422. The molecule has 2 rings (SSSR count). The summed E-state index contributed by atoms with van der Waals surface area (Å²) in [5.74, 6) is 0.918. The lowest BCUT2D eigenvalue weighted by Crippen LogP contribution is -2.57. The number of rotatable bonds is 2. The van der Waals surface area contributed by atoms with E-state index in [1.165, 1.54) is 5.69 Å². The van der Waals surface area contributed by atoms with E-state index < -0.39 is 0 Å². The van der Waals surface area contributed by atoms with Crippen molar-refractivity contribution in [1.29, 1.82) is 0 Å². The van der Waals surface area contributed by atoms with Gasteiger partial charge in [0.25, 0.3) is 0 Å². The highest BCUT2D eigenvalue weighted by atomic mass is 16.5. The van der Waals surface area contributed by atoms with Crippen molar-refractivity contribution in [2.75, 3.05) is 25.1 Å². The summed E-state index contributed by atoms with van der Waals surface area (Å²) in [5, 5.41) is 3.55. The quantitative estimate of drug-likeness (QED) is 0.886. The topological polar surface area (TPSA) is 24.5 Å². The van der Waals surface area contributed by atoms with Gasteiger partial charge in [-0.3, -0.25) is 0 Å². The zero-order chi connectivity index (χ0) is 14.1. The average Bonchev–Trinajstić information content (AvgIpc) is 2.44. The van der Waals surface area contributed by atoms with Crippen LogP contribution in [0.1, 0.15) is 34.1 Å². The molecule has 3 nitrogen and oxygen atoms in total. The number of anilines is 1. The van der Waals surface area contributed by atoms with Crippen LogP contribution < -0.4 is 15.0 Å². The van der Waals surface area contributed by atoms with Crippen molar-refractivity contribution < 1.29 is 4.74 Å². The lowest BCUT2D eigenvalue weighted by Gasteiger charge is -2.49. The third kappa shape index (κ3) is 2.86. The van der Waals surface area contributed by atoms with Crippen molar-refractivity contribution in [3.63, 3.8) is 0 Å². The van der Waals surface area contributed by atoms with E-state index in [1.54, 1.807) is 7.11 Å². The predicted octanol–water partition coefficient (Wildman–Crippen LogP) is 3.05. The lowest BCUT2D eigenvalue weighted by atomic mass is 9.91. The van der Waals surface area contributed by atoms with Crippen LogP contribution in [0.3, 0.4) is 0 Å². The van der Waals surface area contributed by atoms with E-state index in [0.717, 1.165) is 25.3 Å². The molecule has 1 aliphatic rings. The van der Waals surface area contributed by atoms with Gasteiger partial charge in [0, 0.05) is 29.4 Å². The summed E-state index contributed by atoms with van der Waals surface area (Å²) in [5.41, 5.74) is 1.43. The molecular weight excluding hydrogens is 236 g/mol. The van der Waals surface area contributed by atoms with Gasteiger partial charge in [-0.25, -0.2) is 0 Å². The second kappa shape index (κ2) is 5.04. The number of hydrogen-bond donors (Lipinski definition) is 1. The minimum Gasteiger partial charge on any atom is -0.497 e. The maximum absolute atomic E-state index is 5.37. The van der Waals surface area contributed by atoms with Gasteiger partial charge < -0.3 is 15.0 Å². The van der Waals surface area contributed by atoms with Crippen LogP contribution in [0.15, 0.2) is 24.3 Å². The maximum Gasteiger partial charge on any atom is 0.120 e. The minimum atomic E-state index is 0.0758. The fraction of sp³-hybridized carbons (Fsp3) is 0.625. The molecule has 1 aromatic carbocycles. The average molecular weight is 262 g/mol. The number of nitrogens with zero attached hydrogens (tertiary/aromatic N) is 1. The highest BCUT2D eigenvalue weighted by Gasteiger charge is 2.39. The molecule has 3 heteroatoms. The van der Waals surface area contributed by atoms with E-state index in [-0.39, 0.29) is 11.1 Å². The Kier molecular flexibility index (Phi) is 3.77. The van der Waals surface area contributed by atoms with Crippen LogP contribution in [0.25, 0.3) is 0 Å². The molecule has 0 saturated carbocycles. The van der Waals surface area contributed by atoms with E-state index in [2.05, 4.69) is 56.1 Å². The molecular formula is C16H26N2O. The largest absolute Gasteiger partial charge is 0.497 e. The molecule has 0 aromatic heterocycles. The number of hydrogen-bond acceptors (Lipinski definition) is 3. The van der Waals surface area contributed by atoms with Crippen molar-refractivity contribution in [3.8, 4) is 5.75 Å². The SMILES string of the molecule is COc1cccc(N2C(C)(C)CCNCC2(C)C)c1. The van der Waals surface area contributed by atoms with Crippen molar-refractivity contribution >= 4 is 5.69 Å². The van der Waals surface area contributed by atoms with Crippen molar-refractivity contribution in [2.24, 2.45) is 0 Å². The van der Waals surface area contributed by atoms with Crippen LogP contribution in [0.2, 0.25) is 0 Å². The standard InChI is InChI=1S/C16H26N2O/c1-15(2)9-10-17-12-16(3,4)18(15)13-7-6-8-14(11-13)19-5/h6-8,11,17H,9-10,12H2,1-5H3. The van der Waals surface area contributed by atoms with Gasteiger partial charge in [-0.05, 0) is 52.8 Å². The summed E-state index contributed by atoms with van der Waals surface area (Å²) in [6.45, 7) is 11.3. The van der Waals surface area contributed by atoms with Crippen LogP contribution >= 0.6 is 0 Å². The van der Waals surface area contributed by atoms with E-state index in [1.807, 2.05) is 6.07 Å². The van der Waals surface area contributed by atoms with E-state index in [9.17, 15) is 0 Å². The molecule has 19 heavy (non-hydrogen) atoms. The third-order valence-corrected chi connectivity index (χ3v) is 3.99. The summed E-state index contributed by atoms with van der Waals surface area (Å²) in [7, 11) is 1.72. The fourth-order valence-electron chi connectivity index (χ4n) is 3.25. The fourth-order valence-corrected chi connectivity index (χ4v) is 3.25. The Hall–Kier alpha value is -1.22. The zero-order valence-corrected chi connectivity index (χ0v) is 12.8. The molecule has 0 amide bonds. The molecule has 106 valence electrons. The summed E-state index contributed by atoms with van der Waals surface area (Å²) in [6, 6.07) is 8.38. The second-order valence-electron chi connectivity index (χ2n) is 6.59. The first-order valence-electron chi connectivity index (χ1n) is 7.02. The van der Waals surface area contributed by atoms with E-state index >= 15 is 0 Å². The van der Waals surface area contributed by atoms with Gasteiger partial charge in [-0.15, -0.1) is 0 Å². The van der Waals surface area contributed by atoms with Crippen LogP contribution in [-0.2, 0) is 0 Å². The molecule has 1 saturated heterocycles. The van der Waals surface area contributed by atoms with Gasteiger partial charge in [-0.1, -0.05) is 6.07 Å². The molecule has 1 fully saturated rings. The van der Waals surface area contributed by atoms with Crippen LogP contribution in [-0.4, -0.2) is 31.3 Å². The van der Waals surface area contributed by atoms with Crippen molar-refractivity contribution in [2.45, 2.75) is 45.2 Å². The number of methoxy groups -OCH3 is 1. The second-order valence-corrected chi connectivity index (χ2v) is 6.59. The smallest absolute Gasteiger partial charge is 0.120 e. The number of nitrogens with one attached hydrogen (secondary N) is 1. The van der Waals surface area contributed by atoms with Gasteiger partial charge in [0.1, 0.15) is 5.75 Å². The Morgan fingerprint density at radius 3 is 2.58 bits per heavy atom. The molecule has 0 aliphatic carbocycles. The van der Waals surface area contributed by atoms with Gasteiger partial charge >= 0.3 is 0 Å². The molecule has 1 heterocycles. The monoisotopic (exact) mass is 262 g/mol. The summed E-state index contributed by atoms with van der Waals surface area (Å²) < 4.78 is 5.37. The third-order valence-electron chi connectivity index (χ3n) is 3.99. The highest BCUT2D eigenvalue weighted by molar-refractivity contribution is 5.55. The van der Waals surface area contributed by atoms with Crippen molar-refractivity contribution in [1.82, 2.24) is 5.32 Å². The Labute approximate surface area is 116 Å². The molecule has 1 aliphatic heterocycles. The first-order chi connectivity index (χ1) is 8.87. The normalized spacial score (nSPS) is 21.8.